The number of ether oxygens (including phenoxy) is 1. The Hall–Kier alpha value is -3.08. The normalized spacial score (nSPS) is 10.5. The maximum absolute atomic E-state index is 11.4. The van der Waals surface area contributed by atoms with Crippen LogP contribution in [0.2, 0.25) is 0 Å². The number of methoxy groups -OCH3 is 1. The first-order valence-corrected chi connectivity index (χ1v) is 7.14. The minimum Gasteiger partial charge on any atom is -0.545 e. The smallest absolute Gasteiger partial charge is 0.118 e. The molecule has 5 nitrogen and oxygen atoms in total. The summed E-state index contributed by atoms with van der Waals surface area (Å²) < 4.78 is 6.72. The van der Waals surface area contributed by atoms with Gasteiger partial charge in [0.2, 0.25) is 0 Å². The van der Waals surface area contributed by atoms with Crippen molar-refractivity contribution in [1.29, 1.82) is 0 Å². The highest BCUT2D eigenvalue weighted by atomic mass is 16.5. The molecule has 116 valence electrons. The number of carboxylic acids is 1. The molecule has 0 N–H and O–H groups in total. The Bertz CT molecular complexity index is 808. The first-order chi connectivity index (χ1) is 11.2. The molecule has 3 rings (SSSR count). The summed E-state index contributed by atoms with van der Waals surface area (Å²) in [7, 11) is 1.58. The summed E-state index contributed by atoms with van der Waals surface area (Å²) in [6.07, 6.45) is 1.50. The van der Waals surface area contributed by atoms with Crippen LogP contribution in [0.15, 0.2) is 60.8 Å². The summed E-state index contributed by atoms with van der Waals surface area (Å²) in [5.41, 5.74) is 2.22. The third kappa shape index (κ3) is 3.23. The molecule has 5 heteroatoms. The molecule has 0 atom stereocenters. The lowest BCUT2D eigenvalue weighted by atomic mass is 10.1. The molecule has 0 fully saturated rings. The van der Waals surface area contributed by atoms with E-state index in [4.69, 9.17) is 4.74 Å². The third-order valence-corrected chi connectivity index (χ3v) is 3.53. The number of hydrogen-bond acceptors (Lipinski definition) is 4. The summed E-state index contributed by atoms with van der Waals surface area (Å²) >= 11 is 0. The number of rotatable bonds is 5. The lowest BCUT2D eigenvalue weighted by Crippen LogP contribution is -2.22. The van der Waals surface area contributed by atoms with Gasteiger partial charge in [0.15, 0.2) is 0 Å². The van der Waals surface area contributed by atoms with Crippen molar-refractivity contribution in [2.75, 3.05) is 7.11 Å². The molecule has 0 saturated carbocycles. The molecular weight excluding hydrogens is 292 g/mol. The van der Waals surface area contributed by atoms with Crippen molar-refractivity contribution < 1.29 is 14.6 Å². The second kappa shape index (κ2) is 6.36. The maximum Gasteiger partial charge on any atom is 0.118 e. The van der Waals surface area contributed by atoms with E-state index in [0.29, 0.717) is 23.6 Å². The number of aromatic nitrogens is 2. The van der Waals surface area contributed by atoms with Gasteiger partial charge in [-0.15, -0.1) is 0 Å². The number of carbonyl (C=O) groups excluding carboxylic acids is 1. The SMILES string of the molecule is COc1ccc(-c2nn(Cc3ccccc3)cc2C(=O)[O-])cc1. The first-order valence-electron chi connectivity index (χ1n) is 7.14. The topological polar surface area (TPSA) is 67.2 Å². The Labute approximate surface area is 133 Å². The molecule has 0 saturated heterocycles. The molecule has 0 spiro atoms. The molecule has 0 bridgehead atoms. The van der Waals surface area contributed by atoms with Gasteiger partial charge in [-0.05, 0) is 29.8 Å². The van der Waals surface area contributed by atoms with Crippen LogP contribution in [0.25, 0.3) is 11.3 Å². The van der Waals surface area contributed by atoms with Crippen LogP contribution in [0.4, 0.5) is 0 Å². The molecule has 23 heavy (non-hydrogen) atoms. The van der Waals surface area contributed by atoms with Crippen molar-refractivity contribution in [2.45, 2.75) is 6.54 Å². The Balaban J connectivity index is 1.96. The Kier molecular flexibility index (Phi) is 4.10. The lowest BCUT2D eigenvalue weighted by Gasteiger charge is -2.04. The summed E-state index contributed by atoms with van der Waals surface area (Å²) in [5, 5.41) is 15.8. The summed E-state index contributed by atoms with van der Waals surface area (Å²) in [4.78, 5) is 11.4. The molecule has 0 aliphatic heterocycles. The zero-order valence-corrected chi connectivity index (χ0v) is 12.6. The fraction of sp³-hybridized carbons (Fsp3) is 0.111. The zero-order valence-electron chi connectivity index (χ0n) is 12.6. The molecule has 0 unspecified atom stereocenters. The zero-order chi connectivity index (χ0) is 16.2. The largest absolute Gasteiger partial charge is 0.545 e. The molecule has 1 heterocycles. The number of carboxylic acid groups (broad SMARTS) is 1. The summed E-state index contributed by atoms with van der Waals surface area (Å²) in [6.45, 7) is 0.497. The minimum atomic E-state index is -1.24. The van der Waals surface area contributed by atoms with Crippen LogP contribution in [0, 0.1) is 0 Å². The van der Waals surface area contributed by atoms with Gasteiger partial charge in [-0.2, -0.15) is 5.10 Å². The number of carbonyl (C=O) groups is 1. The van der Waals surface area contributed by atoms with Crippen molar-refractivity contribution >= 4 is 5.97 Å². The van der Waals surface area contributed by atoms with E-state index in [2.05, 4.69) is 5.10 Å². The average molecular weight is 307 g/mol. The Morgan fingerprint density at radius 2 is 1.83 bits per heavy atom. The minimum absolute atomic E-state index is 0.0751. The van der Waals surface area contributed by atoms with E-state index in [1.54, 1.807) is 36.1 Å². The monoisotopic (exact) mass is 307 g/mol. The van der Waals surface area contributed by atoms with Crippen molar-refractivity contribution in [3.8, 4) is 17.0 Å². The predicted molar refractivity (Wildman–Crippen MR) is 84.1 cm³/mol. The second-order valence-corrected chi connectivity index (χ2v) is 5.09. The summed E-state index contributed by atoms with van der Waals surface area (Å²) in [5.74, 6) is -0.539. The average Bonchev–Trinajstić information content (AvgIpc) is 3.00. The highest BCUT2D eigenvalue weighted by Crippen LogP contribution is 2.24. The van der Waals surface area contributed by atoms with Crippen LogP contribution >= 0.6 is 0 Å². The van der Waals surface area contributed by atoms with E-state index < -0.39 is 5.97 Å². The van der Waals surface area contributed by atoms with E-state index in [1.165, 1.54) is 6.20 Å². The van der Waals surface area contributed by atoms with Crippen LogP contribution in [0.3, 0.4) is 0 Å². The van der Waals surface area contributed by atoms with Crippen LogP contribution in [-0.4, -0.2) is 22.9 Å². The van der Waals surface area contributed by atoms with Gasteiger partial charge in [0.05, 0.1) is 19.6 Å². The van der Waals surface area contributed by atoms with Gasteiger partial charge in [-0.25, -0.2) is 0 Å². The molecule has 0 amide bonds. The number of nitrogens with zero attached hydrogens (tertiary/aromatic N) is 2. The highest BCUT2D eigenvalue weighted by molar-refractivity contribution is 5.93. The quantitative estimate of drug-likeness (QED) is 0.723. The first kappa shape index (κ1) is 14.8. The van der Waals surface area contributed by atoms with Gasteiger partial charge >= 0.3 is 0 Å². The Morgan fingerprint density at radius 3 is 2.43 bits per heavy atom. The van der Waals surface area contributed by atoms with Gasteiger partial charge in [-0.3, -0.25) is 4.68 Å². The van der Waals surface area contributed by atoms with Crippen molar-refractivity contribution in [3.63, 3.8) is 0 Å². The van der Waals surface area contributed by atoms with Gasteiger partial charge in [0, 0.05) is 17.3 Å². The van der Waals surface area contributed by atoms with Crippen molar-refractivity contribution in [1.82, 2.24) is 9.78 Å². The summed E-state index contributed by atoms with van der Waals surface area (Å²) in [6, 6.07) is 16.8. The fourth-order valence-corrected chi connectivity index (χ4v) is 2.38. The number of hydrogen-bond donors (Lipinski definition) is 0. The predicted octanol–water partition coefficient (Wildman–Crippen LogP) is 1.97. The van der Waals surface area contributed by atoms with E-state index in [9.17, 15) is 9.90 Å². The Morgan fingerprint density at radius 1 is 1.13 bits per heavy atom. The van der Waals surface area contributed by atoms with Crippen molar-refractivity contribution in [3.05, 3.63) is 71.9 Å². The van der Waals surface area contributed by atoms with Crippen LogP contribution in [-0.2, 0) is 6.54 Å². The van der Waals surface area contributed by atoms with Crippen LogP contribution < -0.4 is 9.84 Å². The molecular formula is C18H15N2O3-. The van der Waals surface area contributed by atoms with E-state index in [-0.39, 0.29) is 5.56 Å². The van der Waals surface area contributed by atoms with Gasteiger partial charge in [0.1, 0.15) is 11.4 Å². The molecule has 2 aromatic carbocycles. The molecule has 0 aliphatic carbocycles. The fourth-order valence-electron chi connectivity index (χ4n) is 2.38. The number of aromatic carboxylic acids is 1. The van der Waals surface area contributed by atoms with Crippen LogP contribution in [0.5, 0.6) is 5.75 Å². The highest BCUT2D eigenvalue weighted by Gasteiger charge is 2.12. The molecule has 1 aromatic heterocycles. The lowest BCUT2D eigenvalue weighted by molar-refractivity contribution is -0.254. The van der Waals surface area contributed by atoms with Gasteiger partial charge < -0.3 is 14.6 Å². The maximum atomic E-state index is 11.4. The van der Waals surface area contributed by atoms with Gasteiger partial charge in [-0.1, -0.05) is 30.3 Å². The third-order valence-electron chi connectivity index (χ3n) is 3.53. The van der Waals surface area contributed by atoms with E-state index in [1.807, 2.05) is 30.3 Å². The van der Waals surface area contributed by atoms with E-state index in [0.717, 1.165) is 5.56 Å². The standard InChI is InChI=1S/C18H16N2O3/c1-23-15-9-7-14(8-10-15)17-16(18(21)22)12-20(19-17)11-13-5-3-2-4-6-13/h2-10,12H,11H2,1H3,(H,21,22)/p-1. The van der Waals surface area contributed by atoms with Gasteiger partial charge in [0.25, 0.3) is 0 Å². The van der Waals surface area contributed by atoms with E-state index >= 15 is 0 Å². The molecule has 0 aliphatic rings. The second-order valence-electron chi connectivity index (χ2n) is 5.09. The molecule has 3 aromatic rings. The molecule has 0 radical (unpaired) electrons. The van der Waals surface area contributed by atoms with Crippen LogP contribution in [0.1, 0.15) is 15.9 Å². The number of benzene rings is 2. The van der Waals surface area contributed by atoms with Crippen molar-refractivity contribution in [2.24, 2.45) is 0 Å².